The SMILES string of the molecule is Cn1c(=O)c2c(c3cc(Nc4nc(N5CC(N)CC(F)(F)C5)ncc4Cl)ccc31)N[C@@H](C1CC1)C(F)(F)CO2. The molecule has 2 fully saturated rings. The fourth-order valence-electron chi connectivity index (χ4n) is 5.31. The number of alkyl halides is 4. The van der Waals surface area contributed by atoms with E-state index < -0.39 is 49.1 Å². The zero-order valence-electron chi connectivity index (χ0n) is 20.9. The van der Waals surface area contributed by atoms with Crippen LogP contribution in [0.15, 0.2) is 29.2 Å². The van der Waals surface area contributed by atoms with E-state index >= 15 is 0 Å². The Balaban J connectivity index is 1.38. The van der Waals surface area contributed by atoms with Gasteiger partial charge in [-0.15, -0.1) is 0 Å². The Morgan fingerprint density at radius 1 is 1.26 bits per heavy atom. The number of anilines is 4. The third-order valence-corrected chi connectivity index (χ3v) is 7.60. The molecule has 208 valence electrons. The Kier molecular flexibility index (Phi) is 6.06. The standard InChI is InChI=1S/C25H26ClF4N7O2/c1-36-17-5-4-14(33-21-16(26)8-32-23(35-21)37-9-13(31)7-24(27,28)10-37)6-15(17)18-19(22(36)38)39-11-25(29,30)20(34-18)12-2-3-12/h4-6,8,12-13,20,34H,2-3,7,9-11,31H2,1H3,(H,32,33,35)/t13?,20-/m0/s1. The third kappa shape index (κ3) is 4.82. The van der Waals surface area contributed by atoms with Gasteiger partial charge in [-0.05, 0) is 37.0 Å². The fraction of sp³-hybridized carbons (Fsp3) is 0.480. The second-order valence-corrected chi connectivity index (χ2v) is 10.9. The second-order valence-electron chi connectivity index (χ2n) is 10.5. The average Bonchev–Trinajstić information content (AvgIpc) is 3.70. The van der Waals surface area contributed by atoms with E-state index in [1.54, 1.807) is 18.2 Å². The smallest absolute Gasteiger partial charge is 0.301 e. The number of aromatic nitrogens is 3. The molecule has 14 heteroatoms. The van der Waals surface area contributed by atoms with E-state index in [0.717, 1.165) is 0 Å². The fourth-order valence-corrected chi connectivity index (χ4v) is 5.45. The van der Waals surface area contributed by atoms with E-state index in [9.17, 15) is 22.4 Å². The van der Waals surface area contributed by atoms with Crippen molar-refractivity contribution in [1.82, 2.24) is 14.5 Å². The first-order valence-corrected chi connectivity index (χ1v) is 12.9. The van der Waals surface area contributed by atoms with Crippen molar-refractivity contribution in [3.63, 3.8) is 0 Å². The van der Waals surface area contributed by atoms with Crippen molar-refractivity contribution < 1.29 is 22.3 Å². The Morgan fingerprint density at radius 3 is 2.74 bits per heavy atom. The highest BCUT2D eigenvalue weighted by molar-refractivity contribution is 6.33. The molecule has 3 aromatic rings. The molecule has 0 amide bonds. The van der Waals surface area contributed by atoms with Gasteiger partial charge in [-0.2, -0.15) is 4.98 Å². The first-order valence-electron chi connectivity index (χ1n) is 12.5. The van der Waals surface area contributed by atoms with Crippen molar-refractivity contribution in [2.75, 3.05) is 35.2 Å². The highest BCUT2D eigenvalue weighted by atomic mass is 35.5. The molecule has 1 saturated heterocycles. The number of nitrogens with two attached hydrogens (primary N) is 1. The van der Waals surface area contributed by atoms with Gasteiger partial charge >= 0.3 is 5.92 Å². The maximum atomic E-state index is 14.9. The Bertz CT molecular complexity index is 1510. The predicted molar refractivity (Wildman–Crippen MR) is 140 cm³/mol. The zero-order valence-corrected chi connectivity index (χ0v) is 21.6. The van der Waals surface area contributed by atoms with Gasteiger partial charge in [0, 0.05) is 37.1 Å². The molecule has 2 atom stereocenters. The molecule has 6 rings (SSSR count). The van der Waals surface area contributed by atoms with Crippen LogP contribution in [-0.4, -0.2) is 58.2 Å². The normalized spacial score (nSPS) is 23.9. The molecule has 1 aromatic carbocycles. The minimum Gasteiger partial charge on any atom is -0.480 e. The van der Waals surface area contributed by atoms with Gasteiger partial charge < -0.3 is 30.6 Å². The number of fused-ring (bicyclic) bond motifs is 3. The van der Waals surface area contributed by atoms with Crippen molar-refractivity contribution in [2.45, 2.75) is 43.2 Å². The summed E-state index contributed by atoms with van der Waals surface area (Å²) in [6, 6.07) is 3.09. The van der Waals surface area contributed by atoms with Gasteiger partial charge in [0.05, 0.1) is 30.0 Å². The largest absolute Gasteiger partial charge is 0.480 e. The van der Waals surface area contributed by atoms with Crippen LogP contribution in [-0.2, 0) is 7.05 Å². The molecule has 3 aliphatic rings. The summed E-state index contributed by atoms with van der Waals surface area (Å²) in [5.74, 6) is -6.33. The molecule has 39 heavy (non-hydrogen) atoms. The Labute approximate surface area is 225 Å². The van der Waals surface area contributed by atoms with Crippen molar-refractivity contribution in [2.24, 2.45) is 18.7 Å². The van der Waals surface area contributed by atoms with Gasteiger partial charge in [0.25, 0.3) is 11.5 Å². The van der Waals surface area contributed by atoms with E-state index in [0.29, 0.717) is 29.4 Å². The van der Waals surface area contributed by atoms with Crippen LogP contribution >= 0.6 is 11.6 Å². The minimum atomic E-state index is -3.16. The van der Waals surface area contributed by atoms with Crippen LogP contribution in [0.5, 0.6) is 5.75 Å². The minimum absolute atomic E-state index is 0.0401. The lowest BCUT2D eigenvalue weighted by Gasteiger charge is -2.36. The van der Waals surface area contributed by atoms with E-state index in [-0.39, 0.29) is 40.7 Å². The molecule has 0 spiro atoms. The summed E-state index contributed by atoms with van der Waals surface area (Å²) in [4.78, 5) is 22.8. The third-order valence-electron chi connectivity index (χ3n) is 7.33. The lowest BCUT2D eigenvalue weighted by molar-refractivity contribution is -0.0579. The van der Waals surface area contributed by atoms with Crippen LogP contribution < -0.4 is 31.6 Å². The lowest BCUT2D eigenvalue weighted by Crippen LogP contribution is -2.53. The Morgan fingerprint density at radius 2 is 2.03 bits per heavy atom. The highest BCUT2D eigenvalue weighted by Crippen LogP contribution is 2.45. The number of nitrogens with one attached hydrogen (secondary N) is 2. The molecular weight excluding hydrogens is 542 g/mol. The summed E-state index contributed by atoms with van der Waals surface area (Å²) >= 11 is 6.32. The Hall–Kier alpha value is -3.32. The molecule has 1 unspecified atom stereocenters. The maximum Gasteiger partial charge on any atom is 0.301 e. The number of halogens is 5. The number of hydrogen-bond donors (Lipinski definition) is 3. The van der Waals surface area contributed by atoms with Crippen LogP contribution in [0.2, 0.25) is 5.02 Å². The number of rotatable bonds is 4. The van der Waals surface area contributed by atoms with Gasteiger partial charge in [0.1, 0.15) is 5.02 Å². The maximum absolute atomic E-state index is 14.9. The summed E-state index contributed by atoms with van der Waals surface area (Å²) < 4.78 is 64.8. The van der Waals surface area contributed by atoms with E-state index in [1.807, 2.05) is 0 Å². The first kappa shape index (κ1) is 25.9. The number of aryl methyl sites for hydroxylation is 1. The molecule has 9 nitrogen and oxygen atoms in total. The zero-order chi connectivity index (χ0) is 27.7. The van der Waals surface area contributed by atoms with Gasteiger partial charge in [-0.3, -0.25) is 4.79 Å². The molecule has 2 aromatic heterocycles. The van der Waals surface area contributed by atoms with Crippen LogP contribution in [0.1, 0.15) is 19.3 Å². The topological polar surface area (TPSA) is 110 Å². The number of ether oxygens (including phenoxy) is 1. The molecular formula is C25H26ClF4N7O2. The van der Waals surface area contributed by atoms with Crippen LogP contribution in [0, 0.1) is 5.92 Å². The lowest BCUT2D eigenvalue weighted by atomic mass is 10.0. The van der Waals surface area contributed by atoms with Gasteiger partial charge in [-0.1, -0.05) is 11.6 Å². The van der Waals surface area contributed by atoms with Gasteiger partial charge in [0.2, 0.25) is 11.7 Å². The second kappa shape index (κ2) is 9.12. The summed E-state index contributed by atoms with van der Waals surface area (Å²) in [5.41, 5.74) is 6.45. The predicted octanol–water partition coefficient (Wildman–Crippen LogP) is 4.12. The van der Waals surface area contributed by atoms with Crippen molar-refractivity contribution in [3.05, 3.63) is 39.8 Å². The molecule has 0 radical (unpaired) electrons. The van der Waals surface area contributed by atoms with E-state index in [2.05, 4.69) is 20.6 Å². The molecule has 2 aliphatic heterocycles. The molecule has 4 heterocycles. The monoisotopic (exact) mass is 567 g/mol. The summed E-state index contributed by atoms with van der Waals surface area (Å²) in [7, 11) is 1.54. The first-order chi connectivity index (χ1) is 18.4. The molecule has 1 aliphatic carbocycles. The van der Waals surface area contributed by atoms with Crippen molar-refractivity contribution >= 4 is 45.6 Å². The van der Waals surface area contributed by atoms with Crippen LogP contribution in [0.4, 0.5) is 40.7 Å². The number of nitrogens with zero attached hydrogens (tertiary/aromatic N) is 4. The van der Waals surface area contributed by atoms with Crippen LogP contribution in [0.25, 0.3) is 10.9 Å². The quantitative estimate of drug-likeness (QED) is 0.404. The molecule has 4 N–H and O–H groups in total. The van der Waals surface area contributed by atoms with Gasteiger partial charge in [-0.25, -0.2) is 22.5 Å². The highest BCUT2D eigenvalue weighted by Gasteiger charge is 2.51. The van der Waals surface area contributed by atoms with Crippen molar-refractivity contribution in [1.29, 1.82) is 0 Å². The van der Waals surface area contributed by atoms with E-state index in [4.69, 9.17) is 22.1 Å². The van der Waals surface area contributed by atoms with Crippen molar-refractivity contribution in [3.8, 4) is 5.75 Å². The van der Waals surface area contributed by atoms with Crippen LogP contribution in [0.3, 0.4) is 0 Å². The van der Waals surface area contributed by atoms with E-state index in [1.165, 1.54) is 22.7 Å². The number of benzene rings is 1. The summed E-state index contributed by atoms with van der Waals surface area (Å²) in [6.07, 6.45) is 2.22. The number of hydrogen-bond acceptors (Lipinski definition) is 8. The average molecular weight is 568 g/mol. The summed E-state index contributed by atoms with van der Waals surface area (Å²) in [5, 5.41) is 6.61. The number of pyridine rings is 1. The molecule has 1 saturated carbocycles. The number of piperidine rings is 1. The molecule has 0 bridgehead atoms. The van der Waals surface area contributed by atoms with Gasteiger partial charge in [0.15, 0.2) is 12.4 Å². The summed E-state index contributed by atoms with van der Waals surface area (Å²) in [6.45, 7) is -1.31.